The second kappa shape index (κ2) is 6.83. The standard InChI is InChI=1S/C19H18FNO3/c1-24-19(23)15-6-4-14(5-7-15)18(22)21-12-2-3-17(21)13-8-10-16(20)11-9-13/h4-11,17H,2-3,12H2,1H3/t17-/m1/s1. The van der Waals surface area contributed by atoms with Gasteiger partial charge in [-0.2, -0.15) is 0 Å². The van der Waals surface area contributed by atoms with E-state index in [1.807, 2.05) is 0 Å². The van der Waals surface area contributed by atoms with E-state index in [0.717, 1.165) is 18.4 Å². The minimum atomic E-state index is -0.431. The first-order valence-corrected chi connectivity index (χ1v) is 7.85. The number of halogens is 1. The van der Waals surface area contributed by atoms with E-state index in [1.165, 1.54) is 19.2 Å². The van der Waals surface area contributed by atoms with Crippen molar-refractivity contribution in [3.05, 3.63) is 71.0 Å². The summed E-state index contributed by atoms with van der Waals surface area (Å²) in [5.41, 5.74) is 1.87. The first-order valence-electron chi connectivity index (χ1n) is 7.85. The number of amides is 1. The third kappa shape index (κ3) is 3.15. The van der Waals surface area contributed by atoms with Gasteiger partial charge >= 0.3 is 5.97 Å². The predicted octanol–water partition coefficient (Wildman–Crippen LogP) is 3.59. The summed E-state index contributed by atoms with van der Waals surface area (Å²) in [6.07, 6.45) is 1.77. The highest BCUT2D eigenvalue weighted by Crippen LogP contribution is 2.33. The van der Waals surface area contributed by atoms with Crippen LogP contribution in [0, 0.1) is 5.82 Å². The van der Waals surface area contributed by atoms with Crippen molar-refractivity contribution in [1.82, 2.24) is 4.90 Å². The summed E-state index contributed by atoms with van der Waals surface area (Å²) in [5.74, 6) is -0.800. The molecule has 0 unspecified atom stereocenters. The van der Waals surface area contributed by atoms with Crippen molar-refractivity contribution in [2.24, 2.45) is 0 Å². The lowest BCUT2D eigenvalue weighted by Crippen LogP contribution is -2.30. The Balaban J connectivity index is 1.80. The van der Waals surface area contributed by atoms with Crippen LogP contribution in [0.2, 0.25) is 0 Å². The number of esters is 1. The molecule has 4 nitrogen and oxygen atoms in total. The van der Waals surface area contributed by atoms with Crippen LogP contribution in [0.5, 0.6) is 0 Å². The van der Waals surface area contributed by atoms with Crippen molar-refractivity contribution in [1.29, 1.82) is 0 Å². The first kappa shape index (κ1) is 16.2. The summed E-state index contributed by atoms with van der Waals surface area (Å²) >= 11 is 0. The molecule has 1 saturated heterocycles. The summed E-state index contributed by atoms with van der Waals surface area (Å²) in [4.78, 5) is 26.1. The summed E-state index contributed by atoms with van der Waals surface area (Å²) in [6.45, 7) is 0.666. The van der Waals surface area contributed by atoms with Crippen LogP contribution in [-0.2, 0) is 4.74 Å². The number of carbonyl (C=O) groups is 2. The Morgan fingerprint density at radius 2 is 1.67 bits per heavy atom. The van der Waals surface area contributed by atoms with Gasteiger partial charge in [-0.25, -0.2) is 9.18 Å². The molecule has 1 fully saturated rings. The van der Waals surface area contributed by atoms with E-state index in [4.69, 9.17) is 0 Å². The van der Waals surface area contributed by atoms with Gasteiger partial charge in [0, 0.05) is 12.1 Å². The highest BCUT2D eigenvalue weighted by Gasteiger charge is 2.30. The molecule has 0 aliphatic carbocycles. The molecular formula is C19H18FNO3. The van der Waals surface area contributed by atoms with Crippen LogP contribution in [0.15, 0.2) is 48.5 Å². The van der Waals surface area contributed by atoms with Gasteiger partial charge in [-0.3, -0.25) is 4.79 Å². The molecule has 3 rings (SSSR count). The number of hydrogen-bond donors (Lipinski definition) is 0. The van der Waals surface area contributed by atoms with Crippen molar-refractivity contribution in [3.63, 3.8) is 0 Å². The van der Waals surface area contributed by atoms with E-state index < -0.39 is 5.97 Å². The maximum atomic E-state index is 13.1. The second-order valence-electron chi connectivity index (χ2n) is 5.78. The predicted molar refractivity (Wildman–Crippen MR) is 87.2 cm³/mol. The van der Waals surface area contributed by atoms with Gasteiger partial charge < -0.3 is 9.64 Å². The topological polar surface area (TPSA) is 46.6 Å². The Labute approximate surface area is 139 Å². The van der Waals surface area contributed by atoms with Crippen molar-refractivity contribution in [2.75, 3.05) is 13.7 Å². The minimum Gasteiger partial charge on any atom is -0.465 e. The summed E-state index contributed by atoms with van der Waals surface area (Å²) in [7, 11) is 1.32. The van der Waals surface area contributed by atoms with Crippen LogP contribution in [-0.4, -0.2) is 30.4 Å². The van der Waals surface area contributed by atoms with Crippen LogP contribution in [0.1, 0.15) is 45.2 Å². The fourth-order valence-corrected chi connectivity index (χ4v) is 3.07. The van der Waals surface area contributed by atoms with Gasteiger partial charge in [-0.15, -0.1) is 0 Å². The van der Waals surface area contributed by atoms with Crippen molar-refractivity contribution in [3.8, 4) is 0 Å². The molecule has 24 heavy (non-hydrogen) atoms. The molecule has 1 heterocycles. The number of ether oxygens (including phenoxy) is 1. The van der Waals surface area contributed by atoms with E-state index in [0.29, 0.717) is 17.7 Å². The second-order valence-corrected chi connectivity index (χ2v) is 5.78. The van der Waals surface area contributed by atoms with Gasteiger partial charge in [0.15, 0.2) is 0 Å². The van der Waals surface area contributed by atoms with Gasteiger partial charge in [-0.1, -0.05) is 12.1 Å². The number of benzene rings is 2. The molecule has 124 valence electrons. The number of methoxy groups -OCH3 is 1. The number of likely N-dealkylation sites (tertiary alicyclic amines) is 1. The summed E-state index contributed by atoms with van der Waals surface area (Å²) in [6, 6.07) is 12.7. The normalized spacial score (nSPS) is 16.9. The Morgan fingerprint density at radius 1 is 1.04 bits per heavy atom. The average molecular weight is 327 g/mol. The SMILES string of the molecule is COC(=O)c1ccc(C(=O)N2CCC[C@@H]2c2ccc(F)cc2)cc1. The van der Waals surface area contributed by atoms with Crippen LogP contribution in [0.4, 0.5) is 4.39 Å². The monoisotopic (exact) mass is 327 g/mol. The van der Waals surface area contributed by atoms with E-state index in [9.17, 15) is 14.0 Å². The lowest BCUT2D eigenvalue weighted by atomic mass is 10.0. The Morgan fingerprint density at radius 3 is 2.29 bits per heavy atom. The van der Waals surface area contributed by atoms with Gasteiger partial charge in [0.25, 0.3) is 5.91 Å². The number of nitrogens with zero attached hydrogens (tertiary/aromatic N) is 1. The quantitative estimate of drug-likeness (QED) is 0.810. The smallest absolute Gasteiger partial charge is 0.337 e. The third-order valence-corrected chi connectivity index (χ3v) is 4.32. The van der Waals surface area contributed by atoms with Crippen molar-refractivity contribution >= 4 is 11.9 Å². The van der Waals surface area contributed by atoms with E-state index in [1.54, 1.807) is 41.3 Å². The minimum absolute atomic E-state index is 0.0432. The molecule has 0 bridgehead atoms. The average Bonchev–Trinajstić information content (AvgIpc) is 3.11. The van der Waals surface area contributed by atoms with Crippen LogP contribution < -0.4 is 0 Å². The fraction of sp³-hybridized carbons (Fsp3) is 0.263. The molecule has 0 spiro atoms. The third-order valence-electron chi connectivity index (χ3n) is 4.32. The van der Waals surface area contributed by atoms with Gasteiger partial charge in [0.1, 0.15) is 5.82 Å². The molecular weight excluding hydrogens is 309 g/mol. The molecule has 0 N–H and O–H groups in total. The van der Waals surface area contributed by atoms with E-state index in [-0.39, 0.29) is 17.8 Å². The molecule has 1 atom stereocenters. The van der Waals surface area contributed by atoms with E-state index >= 15 is 0 Å². The number of carbonyl (C=O) groups excluding carboxylic acids is 2. The van der Waals surface area contributed by atoms with Crippen LogP contribution in [0.3, 0.4) is 0 Å². The molecule has 0 radical (unpaired) electrons. The Hall–Kier alpha value is -2.69. The fourth-order valence-electron chi connectivity index (χ4n) is 3.07. The lowest BCUT2D eigenvalue weighted by molar-refractivity contribution is 0.0599. The zero-order valence-corrected chi connectivity index (χ0v) is 13.4. The first-order chi connectivity index (χ1) is 11.6. The van der Waals surface area contributed by atoms with Gasteiger partial charge in [-0.05, 0) is 54.8 Å². The van der Waals surface area contributed by atoms with Gasteiger partial charge in [0.05, 0.1) is 18.7 Å². The van der Waals surface area contributed by atoms with E-state index in [2.05, 4.69) is 4.74 Å². The lowest BCUT2D eigenvalue weighted by Gasteiger charge is -2.25. The summed E-state index contributed by atoms with van der Waals surface area (Å²) < 4.78 is 17.8. The van der Waals surface area contributed by atoms with Crippen molar-refractivity contribution < 1.29 is 18.7 Å². The molecule has 5 heteroatoms. The summed E-state index contributed by atoms with van der Waals surface area (Å²) in [5, 5.41) is 0. The maximum absolute atomic E-state index is 13.1. The molecule has 2 aromatic carbocycles. The molecule has 1 aliphatic rings. The molecule has 0 aromatic heterocycles. The Bertz CT molecular complexity index is 740. The maximum Gasteiger partial charge on any atom is 0.337 e. The molecule has 2 aromatic rings. The molecule has 0 saturated carbocycles. The highest BCUT2D eigenvalue weighted by atomic mass is 19.1. The molecule has 1 aliphatic heterocycles. The van der Waals surface area contributed by atoms with Gasteiger partial charge in [0.2, 0.25) is 0 Å². The highest BCUT2D eigenvalue weighted by molar-refractivity contribution is 5.96. The van der Waals surface area contributed by atoms with Crippen LogP contribution in [0.25, 0.3) is 0 Å². The number of hydrogen-bond acceptors (Lipinski definition) is 3. The zero-order chi connectivity index (χ0) is 17.1. The zero-order valence-electron chi connectivity index (χ0n) is 13.4. The molecule has 1 amide bonds. The Kier molecular flexibility index (Phi) is 4.60. The number of rotatable bonds is 3. The van der Waals surface area contributed by atoms with Crippen LogP contribution >= 0.6 is 0 Å². The van der Waals surface area contributed by atoms with Crippen molar-refractivity contribution in [2.45, 2.75) is 18.9 Å². The largest absolute Gasteiger partial charge is 0.465 e.